The van der Waals surface area contributed by atoms with Gasteiger partial charge in [-0.3, -0.25) is 9.69 Å². The summed E-state index contributed by atoms with van der Waals surface area (Å²) in [6.07, 6.45) is 11.9. The van der Waals surface area contributed by atoms with E-state index in [0.717, 1.165) is 19.3 Å². The number of rotatable bonds is 5. The average molecular weight is 509 g/mol. The van der Waals surface area contributed by atoms with Crippen molar-refractivity contribution in [1.29, 1.82) is 0 Å². The summed E-state index contributed by atoms with van der Waals surface area (Å²) in [7, 11) is -3.15. The number of fused-ring (bicyclic) bond motifs is 5. The summed E-state index contributed by atoms with van der Waals surface area (Å²) in [4.78, 5) is 15.8. The summed E-state index contributed by atoms with van der Waals surface area (Å²) in [6, 6.07) is 0. The van der Waals surface area contributed by atoms with Crippen LogP contribution in [0.2, 0.25) is 0 Å². The topological polar surface area (TPSA) is 77.9 Å². The van der Waals surface area contributed by atoms with Crippen molar-refractivity contribution in [2.45, 2.75) is 78.6 Å². The first-order valence-corrected chi connectivity index (χ1v) is 16.1. The summed E-state index contributed by atoms with van der Waals surface area (Å²) in [5, 5.41) is 10.8. The molecule has 0 radical (unpaired) electrons. The van der Waals surface area contributed by atoms with Gasteiger partial charge in [0.15, 0.2) is 0 Å². The van der Waals surface area contributed by atoms with Crippen molar-refractivity contribution in [2.75, 3.05) is 45.6 Å². The van der Waals surface area contributed by atoms with Crippen molar-refractivity contribution < 1.29 is 18.3 Å². The fourth-order valence-electron chi connectivity index (χ4n) is 9.83. The van der Waals surface area contributed by atoms with Gasteiger partial charge in [-0.1, -0.05) is 20.8 Å². The molecule has 7 atom stereocenters. The number of piperazine rings is 1. The first-order chi connectivity index (χ1) is 16.4. The molecule has 4 aliphatic carbocycles. The highest BCUT2D eigenvalue weighted by Crippen LogP contribution is 2.68. The SMILES string of the molecule is CC1(C)CC[C@]2(CO)C3CC[C@]4(C)[C@@H](C(=O)CN5CCN(S(C)(=O)=O)CC5)CC[C@H]4[C@@H]3CC[C@H]2C1. The number of nitrogens with zero attached hydrogens (tertiary/aromatic N) is 2. The van der Waals surface area contributed by atoms with Crippen LogP contribution < -0.4 is 0 Å². The molecule has 1 saturated heterocycles. The van der Waals surface area contributed by atoms with E-state index in [1.54, 1.807) is 0 Å². The van der Waals surface area contributed by atoms with Crippen molar-refractivity contribution in [3.63, 3.8) is 0 Å². The van der Waals surface area contributed by atoms with Gasteiger partial charge in [-0.05, 0) is 97.7 Å². The first-order valence-electron chi connectivity index (χ1n) is 14.2. The molecule has 0 spiro atoms. The monoisotopic (exact) mass is 508 g/mol. The highest BCUT2D eigenvalue weighted by atomic mass is 32.2. The molecule has 5 rings (SSSR count). The number of hydrogen-bond donors (Lipinski definition) is 1. The van der Waals surface area contributed by atoms with Crippen molar-refractivity contribution in [3.05, 3.63) is 0 Å². The number of carbonyl (C=O) groups is 1. The number of aliphatic hydroxyl groups excluding tert-OH is 1. The molecule has 5 fully saturated rings. The van der Waals surface area contributed by atoms with Crippen LogP contribution in [0.1, 0.15) is 78.6 Å². The summed E-state index contributed by atoms with van der Waals surface area (Å²) < 4.78 is 25.2. The Morgan fingerprint density at radius 1 is 0.914 bits per heavy atom. The average Bonchev–Trinajstić information content (AvgIpc) is 3.15. The number of aliphatic hydroxyl groups is 1. The lowest BCUT2D eigenvalue weighted by Gasteiger charge is -2.62. The molecule has 0 bridgehead atoms. The minimum absolute atomic E-state index is 0.0875. The van der Waals surface area contributed by atoms with Gasteiger partial charge >= 0.3 is 0 Å². The van der Waals surface area contributed by atoms with E-state index in [4.69, 9.17) is 0 Å². The van der Waals surface area contributed by atoms with Gasteiger partial charge in [-0.2, -0.15) is 4.31 Å². The molecule has 1 N–H and O–H groups in total. The Morgan fingerprint density at radius 3 is 2.29 bits per heavy atom. The van der Waals surface area contributed by atoms with Crippen LogP contribution in [-0.2, 0) is 14.8 Å². The lowest BCUT2D eigenvalue weighted by molar-refractivity contribution is -0.158. The zero-order valence-corrected chi connectivity index (χ0v) is 23.3. The van der Waals surface area contributed by atoms with Crippen LogP contribution in [0.4, 0.5) is 0 Å². The van der Waals surface area contributed by atoms with Crippen LogP contribution in [0.15, 0.2) is 0 Å². The van der Waals surface area contributed by atoms with Crippen LogP contribution >= 0.6 is 0 Å². The largest absolute Gasteiger partial charge is 0.396 e. The third-order valence-electron chi connectivity index (χ3n) is 11.8. The van der Waals surface area contributed by atoms with Gasteiger partial charge < -0.3 is 5.11 Å². The number of hydrogen-bond acceptors (Lipinski definition) is 5. The van der Waals surface area contributed by atoms with Crippen molar-refractivity contribution in [3.8, 4) is 0 Å². The summed E-state index contributed by atoms with van der Waals surface area (Å²) in [6.45, 7) is 10.3. The zero-order chi connectivity index (χ0) is 25.2. The van der Waals surface area contributed by atoms with Gasteiger partial charge in [-0.15, -0.1) is 0 Å². The van der Waals surface area contributed by atoms with Gasteiger partial charge in [0.1, 0.15) is 5.78 Å². The standard InChI is InChI=1S/C28H48N2O4S/c1-26(2)11-12-28(19-31)20(17-26)5-6-21-22-7-8-24(27(22,3)10-9-23(21)28)25(32)18-29-13-15-30(16-14-29)35(4,33)34/h20-24,31H,5-19H2,1-4H3/t20-,21-,22-,23?,24+,27-,28+/m0/s1. The lowest BCUT2D eigenvalue weighted by Crippen LogP contribution is -2.57. The molecule has 1 aliphatic heterocycles. The normalized spacial score (nSPS) is 44.3. The molecule has 0 amide bonds. The molecule has 7 heteroatoms. The molecule has 200 valence electrons. The van der Waals surface area contributed by atoms with Gasteiger partial charge in [-0.25, -0.2) is 8.42 Å². The third-order valence-corrected chi connectivity index (χ3v) is 13.1. The maximum absolute atomic E-state index is 13.6. The molecule has 1 heterocycles. The van der Waals surface area contributed by atoms with Gasteiger partial charge in [0.25, 0.3) is 0 Å². The number of Topliss-reactive ketones (excluding diaryl/α,β-unsaturated/α-hetero) is 1. The van der Waals surface area contributed by atoms with Crippen LogP contribution in [-0.4, -0.2) is 74.1 Å². The summed E-state index contributed by atoms with van der Waals surface area (Å²) >= 11 is 0. The zero-order valence-electron chi connectivity index (χ0n) is 22.5. The van der Waals surface area contributed by atoms with E-state index in [1.165, 1.54) is 49.1 Å². The highest BCUT2D eigenvalue weighted by molar-refractivity contribution is 7.88. The van der Waals surface area contributed by atoms with Gasteiger partial charge in [0, 0.05) is 38.7 Å². The Bertz CT molecular complexity index is 927. The molecule has 0 aromatic rings. The summed E-state index contributed by atoms with van der Waals surface area (Å²) in [5.41, 5.74) is 0.600. The van der Waals surface area contributed by atoms with E-state index in [-0.39, 0.29) is 16.7 Å². The molecule has 0 aromatic carbocycles. The van der Waals surface area contributed by atoms with E-state index >= 15 is 0 Å². The minimum Gasteiger partial charge on any atom is -0.396 e. The van der Waals surface area contributed by atoms with E-state index in [0.29, 0.717) is 74.2 Å². The maximum Gasteiger partial charge on any atom is 0.211 e. The lowest BCUT2D eigenvalue weighted by atomic mass is 9.42. The molecular weight excluding hydrogens is 460 g/mol. The second-order valence-electron chi connectivity index (χ2n) is 14.0. The molecule has 0 aromatic heterocycles. The Labute approximate surface area is 213 Å². The predicted octanol–water partition coefficient (Wildman–Crippen LogP) is 3.79. The minimum atomic E-state index is -3.15. The maximum atomic E-state index is 13.6. The van der Waals surface area contributed by atoms with Crippen LogP contribution in [0.5, 0.6) is 0 Å². The Hall–Kier alpha value is -0.500. The van der Waals surface area contributed by atoms with Crippen LogP contribution in [0, 0.1) is 45.8 Å². The van der Waals surface area contributed by atoms with Crippen molar-refractivity contribution >= 4 is 15.8 Å². The Morgan fingerprint density at radius 2 is 1.63 bits per heavy atom. The van der Waals surface area contributed by atoms with Crippen LogP contribution in [0.25, 0.3) is 0 Å². The van der Waals surface area contributed by atoms with E-state index in [2.05, 4.69) is 25.7 Å². The first kappa shape index (κ1) is 26.1. The quantitative estimate of drug-likeness (QED) is 0.611. The highest BCUT2D eigenvalue weighted by Gasteiger charge is 2.62. The van der Waals surface area contributed by atoms with E-state index in [1.807, 2.05) is 0 Å². The fraction of sp³-hybridized carbons (Fsp3) is 0.964. The predicted molar refractivity (Wildman–Crippen MR) is 138 cm³/mol. The molecular formula is C28H48N2O4S. The third kappa shape index (κ3) is 4.44. The van der Waals surface area contributed by atoms with E-state index < -0.39 is 10.0 Å². The molecule has 4 saturated carbocycles. The second kappa shape index (κ2) is 9.06. The van der Waals surface area contributed by atoms with Crippen molar-refractivity contribution in [1.82, 2.24) is 9.21 Å². The second-order valence-corrected chi connectivity index (χ2v) is 16.0. The number of ketones is 1. The molecule has 35 heavy (non-hydrogen) atoms. The van der Waals surface area contributed by atoms with Crippen LogP contribution in [0.3, 0.4) is 0 Å². The molecule has 1 unspecified atom stereocenters. The molecule has 6 nitrogen and oxygen atoms in total. The van der Waals surface area contributed by atoms with Crippen molar-refractivity contribution in [2.24, 2.45) is 45.8 Å². The van der Waals surface area contributed by atoms with Gasteiger partial charge in [0.05, 0.1) is 12.8 Å². The van der Waals surface area contributed by atoms with E-state index in [9.17, 15) is 18.3 Å². The molecule has 5 aliphatic rings. The number of carbonyl (C=O) groups excluding carboxylic acids is 1. The number of sulfonamides is 1. The van der Waals surface area contributed by atoms with Gasteiger partial charge in [0.2, 0.25) is 10.0 Å². The Kier molecular flexibility index (Phi) is 6.76. The Balaban J connectivity index is 1.26. The fourth-order valence-corrected chi connectivity index (χ4v) is 10.7. The summed E-state index contributed by atoms with van der Waals surface area (Å²) in [5.74, 6) is 3.07. The smallest absolute Gasteiger partial charge is 0.211 e.